The maximum atomic E-state index is 6.30. The molecule has 2 aliphatic rings. The van der Waals surface area contributed by atoms with Gasteiger partial charge in [0.2, 0.25) is 0 Å². The largest absolute Gasteiger partial charge is 0.0840 e. The van der Waals surface area contributed by atoms with Gasteiger partial charge in [-0.3, -0.25) is 0 Å². The van der Waals surface area contributed by atoms with E-state index in [1.807, 2.05) is 6.07 Å². The smallest absolute Gasteiger partial charge is 0.0444 e. The molecule has 0 aliphatic heterocycles. The number of hydrogen-bond acceptors (Lipinski definition) is 0. The van der Waals surface area contributed by atoms with Crippen molar-refractivity contribution >= 4 is 11.6 Å². The summed E-state index contributed by atoms with van der Waals surface area (Å²) < 4.78 is 0. The van der Waals surface area contributed by atoms with Crippen molar-refractivity contribution in [2.75, 3.05) is 0 Å². The van der Waals surface area contributed by atoms with Crippen LogP contribution in [0.15, 0.2) is 29.3 Å². The van der Waals surface area contributed by atoms with Crippen LogP contribution in [0.25, 0.3) is 0 Å². The Hall–Kier alpha value is -0.750. The molecule has 1 heteroatoms. The van der Waals surface area contributed by atoms with Crippen molar-refractivity contribution in [3.63, 3.8) is 0 Å². The first-order valence-corrected chi connectivity index (χ1v) is 6.52. The van der Waals surface area contributed by atoms with Gasteiger partial charge >= 0.3 is 0 Å². The van der Waals surface area contributed by atoms with Gasteiger partial charge in [0.05, 0.1) is 0 Å². The molecule has 0 nitrogen and oxygen atoms in total. The molecular weight excluding hydrogens is 216 g/mol. The Morgan fingerprint density at radius 3 is 2.88 bits per heavy atom. The lowest BCUT2D eigenvalue weighted by molar-refractivity contribution is 0.414. The standard InChI is InChI=1S/C15H17Cl/c1-9(2)10-5-3-6-11-14(10)12-7-4-8-13(16)15(11)12/h4,7-8,11,14H,3,5-6H2,1-2H3. The lowest BCUT2D eigenvalue weighted by atomic mass is 9.59. The fourth-order valence-corrected chi connectivity index (χ4v) is 3.80. The van der Waals surface area contributed by atoms with E-state index in [0.717, 1.165) is 5.02 Å². The van der Waals surface area contributed by atoms with Gasteiger partial charge < -0.3 is 0 Å². The monoisotopic (exact) mass is 232 g/mol. The molecule has 0 heterocycles. The van der Waals surface area contributed by atoms with Gasteiger partial charge in [-0.2, -0.15) is 0 Å². The SMILES string of the molecule is CC(C)=C1CCCC2c3c(Cl)cccc3C12. The molecule has 0 aromatic heterocycles. The Morgan fingerprint density at radius 2 is 2.12 bits per heavy atom. The quantitative estimate of drug-likeness (QED) is 0.550. The van der Waals surface area contributed by atoms with Crippen molar-refractivity contribution in [1.29, 1.82) is 0 Å². The summed E-state index contributed by atoms with van der Waals surface area (Å²) in [5, 5.41) is 0.980. The van der Waals surface area contributed by atoms with Gasteiger partial charge in [0.15, 0.2) is 0 Å². The summed E-state index contributed by atoms with van der Waals surface area (Å²) in [4.78, 5) is 0. The van der Waals surface area contributed by atoms with E-state index in [-0.39, 0.29) is 0 Å². The van der Waals surface area contributed by atoms with Gasteiger partial charge in [0.1, 0.15) is 0 Å². The molecule has 1 saturated carbocycles. The lowest BCUT2D eigenvalue weighted by Crippen LogP contribution is -2.30. The van der Waals surface area contributed by atoms with Crippen LogP contribution in [0.5, 0.6) is 0 Å². The third-order valence-electron chi connectivity index (χ3n) is 4.17. The summed E-state index contributed by atoms with van der Waals surface area (Å²) in [6.07, 6.45) is 3.93. The van der Waals surface area contributed by atoms with E-state index >= 15 is 0 Å². The van der Waals surface area contributed by atoms with Crippen molar-refractivity contribution in [2.45, 2.75) is 44.9 Å². The summed E-state index contributed by atoms with van der Waals surface area (Å²) in [5.41, 5.74) is 6.12. The average molecular weight is 233 g/mol. The van der Waals surface area contributed by atoms with Crippen molar-refractivity contribution in [2.24, 2.45) is 0 Å². The van der Waals surface area contributed by atoms with Crippen LogP contribution in [-0.4, -0.2) is 0 Å². The highest BCUT2D eigenvalue weighted by molar-refractivity contribution is 6.31. The van der Waals surface area contributed by atoms with Gasteiger partial charge in [0, 0.05) is 10.9 Å². The topological polar surface area (TPSA) is 0 Å². The fourth-order valence-electron chi connectivity index (χ4n) is 3.47. The molecule has 0 amide bonds. The molecule has 16 heavy (non-hydrogen) atoms. The first-order valence-electron chi connectivity index (χ1n) is 6.14. The van der Waals surface area contributed by atoms with E-state index in [4.69, 9.17) is 11.6 Å². The van der Waals surface area contributed by atoms with Crippen molar-refractivity contribution in [3.05, 3.63) is 45.5 Å². The first-order chi connectivity index (χ1) is 7.70. The van der Waals surface area contributed by atoms with Crippen molar-refractivity contribution in [3.8, 4) is 0 Å². The molecule has 2 aliphatic carbocycles. The minimum absolute atomic E-state index is 0.687. The van der Waals surface area contributed by atoms with Gasteiger partial charge in [-0.25, -0.2) is 0 Å². The zero-order chi connectivity index (χ0) is 11.3. The van der Waals surface area contributed by atoms with Gasteiger partial charge in [0.25, 0.3) is 0 Å². The second kappa shape index (κ2) is 3.63. The van der Waals surface area contributed by atoms with Gasteiger partial charge in [-0.15, -0.1) is 0 Å². The first kappa shape index (κ1) is 10.4. The molecule has 1 aromatic carbocycles. The van der Waals surface area contributed by atoms with Crippen LogP contribution in [0.1, 0.15) is 56.1 Å². The molecule has 0 saturated heterocycles. The molecule has 0 radical (unpaired) electrons. The summed E-state index contributed by atoms with van der Waals surface area (Å²) >= 11 is 6.30. The summed E-state index contributed by atoms with van der Waals surface area (Å²) in [7, 11) is 0. The Morgan fingerprint density at radius 1 is 1.31 bits per heavy atom. The van der Waals surface area contributed by atoms with Crippen LogP contribution in [-0.2, 0) is 0 Å². The molecule has 0 N–H and O–H groups in total. The second-order valence-electron chi connectivity index (χ2n) is 5.24. The fraction of sp³-hybridized carbons (Fsp3) is 0.467. The third kappa shape index (κ3) is 1.29. The highest BCUT2D eigenvalue weighted by atomic mass is 35.5. The zero-order valence-corrected chi connectivity index (χ0v) is 10.6. The molecule has 2 unspecified atom stereocenters. The maximum Gasteiger partial charge on any atom is 0.0444 e. The minimum atomic E-state index is 0.687. The lowest BCUT2D eigenvalue weighted by Gasteiger charge is -2.46. The van der Waals surface area contributed by atoms with Crippen LogP contribution >= 0.6 is 11.6 Å². The van der Waals surface area contributed by atoms with Crippen LogP contribution in [0, 0.1) is 0 Å². The summed E-state index contributed by atoms with van der Waals surface area (Å²) in [6.45, 7) is 4.50. The predicted octanol–water partition coefficient (Wildman–Crippen LogP) is 5.04. The predicted molar refractivity (Wildman–Crippen MR) is 69.2 cm³/mol. The number of allylic oxidation sites excluding steroid dienone is 2. The Kier molecular flexibility index (Phi) is 2.36. The molecule has 3 rings (SSSR count). The Labute approximate surface area is 102 Å². The number of benzene rings is 1. The van der Waals surface area contributed by atoms with Crippen LogP contribution in [0.2, 0.25) is 5.02 Å². The normalized spacial score (nSPS) is 26.8. The Bertz CT molecular complexity index is 466. The molecule has 84 valence electrons. The van der Waals surface area contributed by atoms with Gasteiger partial charge in [-0.1, -0.05) is 34.9 Å². The van der Waals surface area contributed by atoms with Crippen molar-refractivity contribution < 1.29 is 0 Å². The molecule has 0 bridgehead atoms. The zero-order valence-electron chi connectivity index (χ0n) is 9.89. The summed E-state index contributed by atoms with van der Waals surface area (Å²) in [5.74, 6) is 1.40. The number of hydrogen-bond donors (Lipinski definition) is 0. The second-order valence-corrected chi connectivity index (χ2v) is 5.65. The van der Waals surface area contributed by atoms with Crippen molar-refractivity contribution in [1.82, 2.24) is 0 Å². The number of rotatable bonds is 0. The maximum absolute atomic E-state index is 6.30. The summed E-state index contributed by atoms with van der Waals surface area (Å²) in [6, 6.07) is 6.39. The number of fused-ring (bicyclic) bond motifs is 4. The van der Waals surface area contributed by atoms with Gasteiger partial charge in [-0.05, 0) is 56.2 Å². The third-order valence-corrected chi connectivity index (χ3v) is 4.50. The van der Waals surface area contributed by atoms with Crippen LogP contribution < -0.4 is 0 Å². The molecule has 0 spiro atoms. The van der Waals surface area contributed by atoms with E-state index in [9.17, 15) is 0 Å². The highest BCUT2D eigenvalue weighted by Gasteiger charge is 2.42. The molecule has 2 atom stereocenters. The Balaban J connectivity index is 2.11. The van der Waals surface area contributed by atoms with Crippen LogP contribution in [0.3, 0.4) is 0 Å². The molecule has 1 aromatic rings. The minimum Gasteiger partial charge on any atom is -0.0840 e. The van der Waals surface area contributed by atoms with E-state index in [1.54, 1.807) is 5.57 Å². The molecular formula is C15H17Cl. The van der Waals surface area contributed by atoms with E-state index < -0.39 is 0 Å². The average Bonchev–Trinajstić information content (AvgIpc) is 2.24. The highest BCUT2D eigenvalue weighted by Crippen LogP contribution is 2.59. The van der Waals surface area contributed by atoms with Crippen LogP contribution in [0.4, 0.5) is 0 Å². The van der Waals surface area contributed by atoms with E-state index in [0.29, 0.717) is 11.8 Å². The van der Waals surface area contributed by atoms with E-state index in [1.165, 1.54) is 36.0 Å². The number of halogens is 1. The molecule has 1 fully saturated rings. The van der Waals surface area contributed by atoms with E-state index in [2.05, 4.69) is 26.0 Å².